The zero-order valence-corrected chi connectivity index (χ0v) is 7.95. The third-order valence-electron chi connectivity index (χ3n) is 2.27. The van der Waals surface area contributed by atoms with Crippen LogP contribution in [-0.2, 0) is 9.53 Å². The first-order chi connectivity index (χ1) is 6.11. The molecular formula is C10H16O3. The molecule has 0 spiro atoms. The van der Waals surface area contributed by atoms with Gasteiger partial charge in [-0.25, -0.2) is 4.79 Å². The average molecular weight is 184 g/mol. The quantitative estimate of drug-likeness (QED) is 0.521. The van der Waals surface area contributed by atoms with E-state index in [4.69, 9.17) is 4.74 Å². The molecule has 0 aromatic rings. The lowest BCUT2D eigenvalue weighted by molar-refractivity contribution is -0.152. The van der Waals surface area contributed by atoms with Gasteiger partial charge in [-0.1, -0.05) is 13.0 Å². The van der Waals surface area contributed by atoms with Crippen LogP contribution in [0.2, 0.25) is 0 Å². The molecule has 3 nitrogen and oxygen atoms in total. The highest BCUT2D eigenvalue weighted by Crippen LogP contribution is 2.21. The molecule has 0 amide bonds. The van der Waals surface area contributed by atoms with Crippen molar-refractivity contribution >= 4 is 5.97 Å². The Labute approximate surface area is 78.4 Å². The molecule has 13 heavy (non-hydrogen) atoms. The molecule has 0 aromatic heterocycles. The lowest BCUT2D eigenvalue weighted by Gasteiger charge is -2.27. The first kappa shape index (κ1) is 10.3. The SMILES string of the molecule is C=C(C)C(=O)OC1CCCCC1O. The third kappa shape index (κ3) is 2.84. The maximum absolute atomic E-state index is 11.1. The van der Waals surface area contributed by atoms with E-state index in [1.165, 1.54) is 0 Å². The van der Waals surface area contributed by atoms with Crippen LogP contribution >= 0.6 is 0 Å². The molecule has 1 aliphatic carbocycles. The second-order valence-corrected chi connectivity index (χ2v) is 3.58. The number of carbonyl (C=O) groups is 1. The Morgan fingerprint density at radius 2 is 2.08 bits per heavy atom. The molecule has 0 radical (unpaired) electrons. The van der Waals surface area contributed by atoms with E-state index in [2.05, 4.69) is 6.58 Å². The summed E-state index contributed by atoms with van der Waals surface area (Å²) in [6.07, 6.45) is 2.72. The van der Waals surface area contributed by atoms with E-state index in [0.717, 1.165) is 25.7 Å². The van der Waals surface area contributed by atoms with Crippen LogP contribution in [0.5, 0.6) is 0 Å². The van der Waals surface area contributed by atoms with Crippen LogP contribution in [0, 0.1) is 0 Å². The normalized spacial score (nSPS) is 28.2. The Kier molecular flexibility index (Phi) is 3.48. The second kappa shape index (κ2) is 4.42. The summed E-state index contributed by atoms with van der Waals surface area (Å²) in [5.74, 6) is -0.397. The summed E-state index contributed by atoms with van der Waals surface area (Å²) in [5.41, 5.74) is 0.387. The number of aliphatic hydroxyl groups is 1. The van der Waals surface area contributed by atoms with Crippen LogP contribution in [0.25, 0.3) is 0 Å². The minimum absolute atomic E-state index is 0.321. The van der Waals surface area contributed by atoms with Gasteiger partial charge in [0.1, 0.15) is 6.10 Å². The van der Waals surface area contributed by atoms with Crippen LogP contribution in [0.15, 0.2) is 12.2 Å². The van der Waals surface area contributed by atoms with Gasteiger partial charge in [0, 0.05) is 5.57 Å². The Hall–Kier alpha value is -0.830. The van der Waals surface area contributed by atoms with E-state index in [1.54, 1.807) is 6.92 Å². The molecule has 1 rings (SSSR count). The van der Waals surface area contributed by atoms with E-state index < -0.39 is 12.1 Å². The molecular weight excluding hydrogens is 168 g/mol. The highest BCUT2D eigenvalue weighted by molar-refractivity contribution is 5.87. The van der Waals surface area contributed by atoms with Crippen LogP contribution in [0.1, 0.15) is 32.6 Å². The van der Waals surface area contributed by atoms with Gasteiger partial charge in [0.2, 0.25) is 0 Å². The smallest absolute Gasteiger partial charge is 0.333 e. The van der Waals surface area contributed by atoms with Gasteiger partial charge < -0.3 is 9.84 Å². The van der Waals surface area contributed by atoms with Crippen LogP contribution in [0.3, 0.4) is 0 Å². The molecule has 1 N–H and O–H groups in total. The van der Waals surface area contributed by atoms with Crippen molar-refractivity contribution < 1.29 is 14.6 Å². The molecule has 0 bridgehead atoms. The van der Waals surface area contributed by atoms with Crippen LogP contribution < -0.4 is 0 Å². The van der Waals surface area contributed by atoms with E-state index in [9.17, 15) is 9.90 Å². The van der Waals surface area contributed by atoms with Crippen molar-refractivity contribution in [2.45, 2.75) is 44.8 Å². The minimum atomic E-state index is -0.489. The fourth-order valence-electron chi connectivity index (χ4n) is 1.45. The van der Waals surface area contributed by atoms with Crippen molar-refractivity contribution in [3.05, 3.63) is 12.2 Å². The topological polar surface area (TPSA) is 46.5 Å². The molecule has 2 unspecified atom stereocenters. The fraction of sp³-hybridized carbons (Fsp3) is 0.700. The Morgan fingerprint density at radius 3 is 2.62 bits per heavy atom. The van der Waals surface area contributed by atoms with Crippen molar-refractivity contribution in [2.24, 2.45) is 0 Å². The summed E-state index contributed by atoms with van der Waals surface area (Å²) in [6.45, 7) is 5.10. The standard InChI is InChI=1S/C10H16O3/c1-7(2)10(12)13-9-6-4-3-5-8(9)11/h8-9,11H,1,3-6H2,2H3. The van der Waals surface area contributed by atoms with Gasteiger partial charge in [-0.2, -0.15) is 0 Å². The van der Waals surface area contributed by atoms with Gasteiger partial charge in [0.25, 0.3) is 0 Å². The lowest BCUT2D eigenvalue weighted by Crippen LogP contribution is -2.34. The number of rotatable bonds is 2. The van der Waals surface area contributed by atoms with Crippen molar-refractivity contribution in [3.8, 4) is 0 Å². The summed E-state index contributed by atoms with van der Waals surface area (Å²) < 4.78 is 5.08. The number of carbonyl (C=O) groups excluding carboxylic acids is 1. The van der Waals surface area contributed by atoms with Gasteiger partial charge in [-0.05, 0) is 26.2 Å². The van der Waals surface area contributed by atoms with Gasteiger partial charge in [-0.3, -0.25) is 0 Å². The maximum Gasteiger partial charge on any atom is 0.333 e. The molecule has 1 fully saturated rings. The number of esters is 1. The number of hydrogen-bond acceptors (Lipinski definition) is 3. The largest absolute Gasteiger partial charge is 0.456 e. The van der Waals surface area contributed by atoms with E-state index in [-0.39, 0.29) is 6.10 Å². The van der Waals surface area contributed by atoms with Crippen molar-refractivity contribution in [1.82, 2.24) is 0 Å². The summed E-state index contributed by atoms with van der Waals surface area (Å²) in [7, 11) is 0. The molecule has 74 valence electrons. The molecule has 0 saturated heterocycles. The van der Waals surface area contributed by atoms with Gasteiger partial charge in [-0.15, -0.1) is 0 Å². The zero-order chi connectivity index (χ0) is 9.84. The van der Waals surface area contributed by atoms with E-state index in [0.29, 0.717) is 5.57 Å². The molecule has 2 atom stereocenters. The predicted octanol–water partition coefficient (Wildman–Crippen LogP) is 1.41. The minimum Gasteiger partial charge on any atom is -0.456 e. The first-order valence-electron chi connectivity index (χ1n) is 4.66. The molecule has 0 aliphatic heterocycles. The molecule has 1 aliphatic rings. The van der Waals surface area contributed by atoms with Crippen LogP contribution in [0.4, 0.5) is 0 Å². The summed E-state index contributed by atoms with van der Waals surface area (Å²) >= 11 is 0. The highest BCUT2D eigenvalue weighted by Gasteiger charge is 2.26. The highest BCUT2D eigenvalue weighted by atomic mass is 16.6. The van der Waals surface area contributed by atoms with Crippen molar-refractivity contribution in [2.75, 3.05) is 0 Å². The number of ether oxygens (including phenoxy) is 1. The fourth-order valence-corrected chi connectivity index (χ4v) is 1.45. The molecule has 3 heteroatoms. The molecule has 0 heterocycles. The lowest BCUT2D eigenvalue weighted by atomic mass is 9.95. The summed E-state index contributed by atoms with van der Waals surface area (Å²) in [6, 6.07) is 0. The summed E-state index contributed by atoms with van der Waals surface area (Å²) in [5, 5.41) is 9.49. The van der Waals surface area contributed by atoms with Crippen LogP contribution in [-0.4, -0.2) is 23.3 Å². The molecule has 1 saturated carbocycles. The average Bonchev–Trinajstić information content (AvgIpc) is 2.08. The Balaban J connectivity index is 2.42. The number of aliphatic hydroxyl groups excluding tert-OH is 1. The Bertz CT molecular complexity index is 210. The van der Waals surface area contributed by atoms with Gasteiger partial charge in [0.05, 0.1) is 6.10 Å². The maximum atomic E-state index is 11.1. The monoisotopic (exact) mass is 184 g/mol. The van der Waals surface area contributed by atoms with E-state index >= 15 is 0 Å². The first-order valence-corrected chi connectivity index (χ1v) is 4.66. The number of hydrogen-bond donors (Lipinski definition) is 1. The predicted molar refractivity (Wildman–Crippen MR) is 49.2 cm³/mol. The molecule has 0 aromatic carbocycles. The van der Waals surface area contributed by atoms with Crippen molar-refractivity contribution in [3.63, 3.8) is 0 Å². The second-order valence-electron chi connectivity index (χ2n) is 3.58. The van der Waals surface area contributed by atoms with E-state index in [1.807, 2.05) is 0 Å². The zero-order valence-electron chi connectivity index (χ0n) is 7.95. The van der Waals surface area contributed by atoms with Gasteiger partial charge >= 0.3 is 5.97 Å². The third-order valence-corrected chi connectivity index (χ3v) is 2.27. The summed E-state index contributed by atoms with van der Waals surface area (Å²) in [4.78, 5) is 11.1. The van der Waals surface area contributed by atoms with Crippen molar-refractivity contribution in [1.29, 1.82) is 0 Å². The Morgan fingerprint density at radius 1 is 1.46 bits per heavy atom. The van der Waals surface area contributed by atoms with Gasteiger partial charge in [0.15, 0.2) is 0 Å².